The van der Waals surface area contributed by atoms with E-state index in [0.717, 1.165) is 25.7 Å². The Labute approximate surface area is 102 Å². The van der Waals surface area contributed by atoms with Crippen LogP contribution < -0.4 is 5.73 Å². The fraction of sp³-hybridized carbons (Fsp3) is 0.833. The van der Waals surface area contributed by atoms with Gasteiger partial charge in [0, 0.05) is 13.0 Å². The molecule has 5 heteroatoms. The Morgan fingerprint density at radius 3 is 2.59 bits per heavy atom. The van der Waals surface area contributed by atoms with Gasteiger partial charge in [0.1, 0.15) is 6.54 Å². The molecule has 0 bridgehead atoms. The highest BCUT2D eigenvalue weighted by Crippen LogP contribution is 2.30. The summed E-state index contributed by atoms with van der Waals surface area (Å²) in [6, 6.07) is 0. The van der Waals surface area contributed by atoms with Crippen LogP contribution in [0.1, 0.15) is 25.7 Å². The van der Waals surface area contributed by atoms with Gasteiger partial charge in [-0.1, -0.05) is 12.8 Å². The van der Waals surface area contributed by atoms with Gasteiger partial charge >= 0.3 is 5.97 Å². The minimum absolute atomic E-state index is 0.0170. The minimum Gasteiger partial charge on any atom is -0.468 e. The van der Waals surface area contributed by atoms with Crippen molar-refractivity contribution in [3.8, 4) is 0 Å². The second-order valence-corrected chi connectivity index (χ2v) is 4.66. The summed E-state index contributed by atoms with van der Waals surface area (Å²) in [6.45, 7) is 0.561. The topological polar surface area (TPSA) is 72.6 Å². The third-order valence-corrected chi connectivity index (χ3v) is 3.50. The van der Waals surface area contributed by atoms with Crippen LogP contribution >= 0.6 is 0 Å². The first-order valence-corrected chi connectivity index (χ1v) is 6.12. The normalized spacial score (nSPS) is 24.2. The van der Waals surface area contributed by atoms with Crippen molar-refractivity contribution in [2.24, 2.45) is 17.6 Å². The van der Waals surface area contributed by atoms with Crippen molar-refractivity contribution in [1.82, 2.24) is 4.90 Å². The Morgan fingerprint density at radius 1 is 1.35 bits per heavy atom. The number of likely N-dealkylation sites (N-methyl/N-ethyl adjacent to an activating group) is 1. The molecule has 1 saturated carbocycles. The maximum absolute atomic E-state index is 12.2. The number of methoxy groups -OCH3 is 1. The lowest BCUT2D eigenvalue weighted by molar-refractivity contribution is -0.148. The number of carbonyl (C=O) groups excluding carboxylic acids is 2. The van der Waals surface area contributed by atoms with E-state index in [9.17, 15) is 9.59 Å². The maximum atomic E-state index is 12.2. The molecule has 0 aliphatic heterocycles. The Morgan fingerprint density at radius 2 is 2.00 bits per heavy atom. The van der Waals surface area contributed by atoms with Crippen LogP contribution in [0.15, 0.2) is 0 Å². The van der Waals surface area contributed by atoms with Crippen molar-refractivity contribution >= 4 is 11.9 Å². The number of amides is 1. The number of nitrogens with zero attached hydrogens (tertiary/aromatic N) is 1. The molecule has 2 N–H and O–H groups in total. The molecule has 0 aromatic carbocycles. The van der Waals surface area contributed by atoms with Crippen molar-refractivity contribution in [1.29, 1.82) is 0 Å². The molecule has 1 fully saturated rings. The first-order chi connectivity index (χ1) is 8.10. The zero-order valence-corrected chi connectivity index (χ0v) is 10.6. The number of rotatable bonds is 4. The Balaban J connectivity index is 2.57. The quantitative estimate of drug-likeness (QED) is 0.723. The average Bonchev–Trinajstić information content (AvgIpc) is 2.37. The van der Waals surface area contributed by atoms with Crippen LogP contribution in [-0.4, -0.2) is 44.0 Å². The van der Waals surface area contributed by atoms with E-state index in [1.165, 1.54) is 12.0 Å². The number of carbonyl (C=O) groups is 2. The highest BCUT2D eigenvalue weighted by Gasteiger charge is 2.32. The van der Waals surface area contributed by atoms with E-state index < -0.39 is 0 Å². The van der Waals surface area contributed by atoms with Gasteiger partial charge in [0.25, 0.3) is 0 Å². The number of nitrogens with two attached hydrogens (primary N) is 1. The lowest BCUT2D eigenvalue weighted by Crippen LogP contribution is -2.42. The average molecular weight is 242 g/mol. The zero-order chi connectivity index (χ0) is 12.8. The minimum atomic E-state index is -0.388. The largest absolute Gasteiger partial charge is 0.468 e. The molecule has 0 aromatic rings. The van der Waals surface area contributed by atoms with Crippen molar-refractivity contribution in [3.05, 3.63) is 0 Å². The third-order valence-electron chi connectivity index (χ3n) is 3.50. The number of esters is 1. The molecule has 1 amide bonds. The molecule has 0 radical (unpaired) electrons. The number of hydrogen-bond acceptors (Lipinski definition) is 4. The lowest BCUT2D eigenvalue weighted by atomic mass is 9.78. The molecule has 2 atom stereocenters. The van der Waals surface area contributed by atoms with Crippen LogP contribution in [-0.2, 0) is 14.3 Å². The van der Waals surface area contributed by atoms with E-state index in [4.69, 9.17) is 5.73 Å². The third kappa shape index (κ3) is 3.70. The molecule has 1 aliphatic rings. The highest BCUT2D eigenvalue weighted by atomic mass is 16.5. The fourth-order valence-electron chi connectivity index (χ4n) is 2.43. The lowest BCUT2D eigenvalue weighted by Gasteiger charge is -2.32. The second-order valence-electron chi connectivity index (χ2n) is 4.66. The zero-order valence-electron chi connectivity index (χ0n) is 10.6. The molecule has 0 spiro atoms. The SMILES string of the molecule is COC(=O)CN(C)C(=O)C1CCCCC1CN. The Hall–Kier alpha value is -1.10. The van der Waals surface area contributed by atoms with E-state index in [1.54, 1.807) is 7.05 Å². The summed E-state index contributed by atoms with van der Waals surface area (Å²) in [5.41, 5.74) is 5.70. The van der Waals surface area contributed by atoms with Crippen molar-refractivity contribution in [2.75, 3.05) is 27.2 Å². The molecule has 0 aromatic heterocycles. The maximum Gasteiger partial charge on any atom is 0.325 e. The standard InChI is InChI=1S/C12H22N2O3/c1-14(8-11(15)17-2)12(16)10-6-4-3-5-9(10)7-13/h9-10H,3-8,13H2,1-2H3. The highest BCUT2D eigenvalue weighted by molar-refractivity contribution is 5.83. The molecule has 0 heterocycles. The Bertz CT molecular complexity index is 281. The van der Waals surface area contributed by atoms with Gasteiger partial charge in [-0.05, 0) is 25.3 Å². The molecule has 0 saturated heterocycles. The van der Waals surface area contributed by atoms with Crippen molar-refractivity contribution in [3.63, 3.8) is 0 Å². The summed E-state index contributed by atoms with van der Waals surface area (Å²) in [7, 11) is 2.96. The van der Waals surface area contributed by atoms with Crippen LogP contribution in [0.25, 0.3) is 0 Å². The van der Waals surface area contributed by atoms with Crippen molar-refractivity contribution in [2.45, 2.75) is 25.7 Å². The van der Waals surface area contributed by atoms with Crippen LogP contribution in [0, 0.1) is 11.8 Å². The van der Waals surface area contributed by atoms with E-state index in [0.29, 0.717) is 6.54 Å². The van der Waals surface area contributed by atoms with E-state index >= 15 is 0 Å². The molecule has 1 rings (SSSR count). The molecule has 17 heavy (non-hydrogen) atoms. The van der Waals surface area contributed by atoms with Gasteiger partial charge in [0.05, 0.1) is 7.11 Å². The summed E-state index contributed by atoms with van der Waals surface area (Å²) < 4.78 is 4.55. The van der Waals surface area contributed by atoms with Gasteiger partial charge < -0.3 is 15.4 Å². The number of hydrogen-bond donors (Lipinski definition) is 1. The van der Waals surface area contributed by atoms with Gasteiger partial charge in [0.15, 0.2) is 0 Å². The summed E-state index contributed by atoms with van der Waals surface area (Å²) in [4.78, 5) is 24.7. The van der Waals surface area contributed by atoms with Crippen LogP contribution in [0.2, 0.25) is 0 Å². The first kappa shape index (κ1) is 14.0. The molecule has 98 valence electrons. The van der Waals surface area contributed by atoms with Gasteiger partial charge in [-0.3, -0.25) is 9.59 Å². The smallest absolute Gasteiger partial charge is 0.325 e. The van der Waals surface area contributed by atoms with Gasteiger partial charge in [-0.2, -0.15) is 0 Å². The summed E-state index contributed by atoms with van der Waals surface area (Å²) in [6.07, 6.45) is 4.11. The van der Waals surface area contributed by atoms with Crippen LogP contribution in [0.5, 0.6) is 0 Å². The fourth-order valence-corrected chi connectivity index (χ4v) is 2.43. The predicted molar refractivity (Wildman–Crippen MR) is 64.2 cm³/mol. The summed E-state index contributed by atoms with van der Waals surface area (Å²) in [5, 5.41) is 0. The Kier molecular flexibility index (Phi) is 5.41. The van der Waals surface area contributed by atoms with Crippen LogP contribution in [0.3, 0.4) is 0 Å². The van der Waals surface area contributed by atoms with E-state index in [1.807, 2.05) is 0 Å². The van der Waals surface area contributed by atoms with Gasteiger partial charge in [-0.15, -0.1) is 0 Å². The summed E-state index contributed by atoms with van der Waals surface area (Å²) >= 11 is 0. The van der Waals surface area contributed by atoms with E-state index in [2.05, 4.69) is 4.74 Å². The summed E-state index contributed by atoms with van der Waals surface area (Å²) in [5.74, 6) is -0.133. The van der Waals surface area contributed by atoms with E-state index in [-0.39, 0.29) is 30.3 Å². The van der Waals surface area contributed by atoms with Gasteiger partial charge in [-0.25, -0.2) is 0 Å². The molecular weight excluding hydrogens is 220 g/mol. The molecule has 5 nitrogen and oxygen atoms in total. The van der Waals surface area contributed by atoms with Crippen molar-refractivity contribution < 1.29 is 14.3 Å². The first-order valence-electron chi connectivity index (χ1n) is 6.12. The monoisotopic (exact) mass is 242 g/mol. The molecule has 2 unspecified atom stereocenters. The molecular formula is C12H22N2O3. The number of ether oxygens (including phenoxy) is 1. The predicted octanol–water partition coefficient (Wildman–Crippen LogP) is 0.383. The van der Waals surface area contributed by atoms with Crippen LogP contribution in [0.4, 0.5) is 0 Å². The second kappa shape index (κ2) is 6.59. The van der Waals surface area contributed by atoms with Gasteiger partial charge in [0.2, 0.25) is 5.91 Å². The molecule has 1 aliphatic carbocycles.